The van der Waals surface area contributed by atoms with Crippen molar-refractivity contribution in [3.63, 3.8) is 0 Å². The van der Waals surface area contributed by atoms with Crippen LogP contribution in [0.15, 0.2) is 16.5 Å². The van der Waals surface area contributed by atoms with Gasteiger partial charge in [0.15, 0.2) is 0 Å². The maximum absolute atomic E-state index is 9.08. The highest BCUT2D eigenvalue weighted by molar-refractivity contribution is 7.99. The number of nitrogens with zero attached hydrogens (tertiary/aromatic N) is 1. The Balaban J connectivity index is 2.47. The van der Waals surface area contributed by atoms with Crippen molar-refractivity contribution in [3.05, 3.63) is 17.1 Å². The average Bonchev–Trinajstić information content (AvgIpc) is 2.83. The first kappa shape index (κ1) is 12.0. The van der Waals surface area contributed by atoms with Gasteiger partial charge in [-0.05, 0) is 18.4 Å². The second-order valence-corrected chi connectivity index (χ2v) is 5.50. The summed E-state index contributed by atoms with van der Waals surface area (Å²) in [6.45, 7) is 3.04. The fraction of sp³-hybridized carbons (Fsp3) is 0.455. The standard InChI is InChI=1S/C11H15NO2S2/c1-8-10-9(2-6-15-10)11(16-7-5-14)12(8)3-4-13/h2,6,13-14H,3-5,7H2,1H3. The second kappa shape index (κ2) is 5.23. The highest BCUT2D eigenvalue weighted by Gasteiger charge is 2.14. The smallest absolute Gasteiger partial charge is 0.0840 e. The van der Waals surface area contributed by atoms with Crippen LogP contribution >= 0.6 is 23.1 Å². The zero-order chi connectivity index (χ0) is 11.5. The van der Waals surface area contributed by atoms with Gasteiger partial charge in [-0.3, -0.25) is 0 Å². The zero-order valence-corrected chi connectivity index (χ0v) is 10.8. The Morgan fingerprint density at radius 1 is 1.38 bits per heavy atom. The highest BCUT2D eigenvalue weighted by Crippen LogP contribution is 2.36. The summed E-state index contributed by atoms with van der Waals surface area (Å²) < 4.78 is 3.43. The molecule has 2 N–H and O–H groups in total. The SMILES string of the molecule is Cc1c2sccc2c(SCCO)n1CCO. The van der Waals surface area contributed by atoms with Gasteiger partial charge >= 0.3 is 0 Å². The van der Waals surface area contributed by atoms with Crippen LogP contribution in [0.4, 0.5) is 0 Å². The van der Waals surface area contributed by atoms with E-state index in [-0.39, 0.29) is 13.2 Å². The molecule has 2 heterocycles. The third-order valence-electron chi connectivity index (χ3n) is 2.53. The molecule has 3 nitrogen and oxygen atoms in total. The summed E-state index contributed by atoms with van der Waals surface area (Å²) >= 11 is 3.38. The number of aryl methyl sites for hydroxylation is 1. The first-order valence-electron chi connectivity index (χ1n) is 5.20. The predicted octanol–water partition coefficient (Wildman–Crippen LogP) is 2.09. The van der Waals surface area contributed by atoms with Crippen LogP contribution < -0.4 is 0 Å². The first-order valence-corrected chi connectivity index (χ1v) is 7.07. The van der Waals surface area contributed by atoms with E-state index < -0.39 is 0 Å². The van der Waals surface area contributed by atoms with Gasteiger partial charge in [0.2, 0.25) is 0 Å². The fourth-order valence-electron chi connectivity index (χ4n) is 1.85. The Bertz CT molecular complexity index is 475. The Labute approximate surface area is 103 Å². The van der Waals surface area contributed by atoms with Gasteiger partial charge in [-0.25, -0.2) is 0 Å². The van der Waals surface area contributed by atoms with Gasteiger partial charge in [0.25, 0.3) is 0 Å². The van der Waals surface area contributed by atoms with Gasteiger partial charge in [0, 0.05) is 23.4 Å². The summed E-state index contributed by atoms with van der Waals surface area (Å²) in [5.41, 5.74) is 1.21. The van der Waals surface area contributed by atoms with E-state index in [1.807, 2.05) is 0 Å². The number of rotatable bonds is 5. The lowest BCUT2D eigenvalue weighted by Gasteiger charge is -2.09. The molecule has 2 aromatic heterocycles. The van der Waals surface area contributed by atoms with Gasteiger partial charge in [0.05, 0.1) is 22.9 Å². The fourth-order valence-corrected chi connectivity index (χ4v) is 3.82. The lowest BCUT2D eigenvalue weighted by Crippen LogP contribution is -2.05. The van der Waals surface area contributed by atoms with E-state index in [9.17, 15) is 0 Å². The molecular weight excluding hydrogens is 242 g/mol. The number of thioether (sulfide) groups is 1. The lowest BCUT2D eigenvalue weighted by atomic mass is 10.4. The van der Waals surface area contributed by atoms with Crippen molar-refractivity contribution >= 4 is 33.2 Å². The van der Waals surface area contributed by atoms with Crippen LogP contribution in [-0.2, 0) is 6.54 Å². The number of aromatic nitrogens is 1. The molecule has 0 atom stereocenters. The summed E-state index contributed by atoms with van der Waals surface area (Å²) in [5.74, 6) is 0.694. The van der Waals surface area contributed by atoms with Crippen molar-refractivity contribution in [1.29, 1.82) is 0 Å². The number of aliphatic hydroxyl groups is 2. The highest BCUT2D eigenvalue weighted by atomic mass is 32.2. The van der Waals surface area contributed by atoms with E-state index in [0.717, 1.165) is 5.03 Å². The molecule has 0 aromatic carbocycles. The number of fused-ring (bicyclic) bond motifs is 1. The second-order valence-electron chi connectivity index (χ2n) is 3.50. The summed E-state index contributed by atoms with van der Waals surface area (Å²) in [4.78, 5) is 0. The molecule has 0 aliphatic carbocycles. The van der Waals surface area contributed by atoms with Crippen molar-refractivity contribution in [3.8, 4) is 0 Å². The summed E-state index contributed by atoms with van der Waals surface area (Å²) in [6, 6.07) is 2.11. The van der Waals surface area contributed by atoms with Crippen molar-refractivity contribution in [2.45, 2.75) is 18.5 Å². The quantitative estimate of drug-likeness (QED) is 0.806. The molecule has 0 bridgehead atoms. The van der Waals surface area contributed by atoms with Gasteiger partial charge in [-0.1, -0.05) is 0 Å². The van der Waals surface area contributed by atoms with Crippen molar-refractivity contribution in [1.82, 2.24) is 4.57 Å². The minimum Gasteiger partial charge on any atom is -0.396 e. The minimum absolute atomic E-state index is 0.148. The van der Waals surface area contributed by atoms with Crippen LogP contribution in [-0.4, -0.2) is 33.7 Å². The predicted molar refractivity (Wildman–Crippen MR) is 69.4 cm³/mol. The molecule has 0 fully saturated rings. The van der Waals surface area contributed by atoms with Crippen molar-refractivity contribution < 1.29 is 10.2 Å². The largest absolute Gasteiger partial charge is 0.396 e. The van der Waals surface area contributed by atoms with Crippen LogP contribution in [0.2, 0.25) is 0 Å². The molecule has 0 saturated heterocycles. The molecule has 88 valence electrons. The van der Waals surface area contributed by atoms with Crippen LogP contribution in [0, 0.1) is 6.92 Å². The van der Waals surface area contributed by atoms with Crippen LogP contribution in [0.1, 0.15) is 5.69 Å². The maximum Gasteiger partial charge on any atom is 0.0840 e. The molecule has 0 unspecified atom stereocenters. The Hall–Kier alpha value is -0.490. The zero-order valence-electron chi connectivity index (χ0n) is 9.14. The Kier molecular flexibility index (Phi) is 3.91. The van der Waals surface area contributed by atoms with Crippen LogP contribution in [0.25, 0.3) is 10.1 Å². The topological polar surface area (TPSA) is 45.4 Å². The molecule has 0 aliphatic heterocycles. The number of aliphatic hydroxyl groups excluding tert-OH is 2. The van der Waals surface area contributed by atoms with Gasteiger partial charge in [0.1, 0.15) is 0 Å². The average molecular weight is 257 g/mol. The van der Waals surface area contributed by atoms with E-state index in [2.05, 4.69) is 22.9 Å². The lowest BCUT2D eigenvalue weighted by molar-refractivity contribution is 0.271. The van der Waals surface area contributed by atoms with Gasteiger partial charge in [-0.15, -0.1) is 23.1 Å². The summed E-state index contributed by atoms with van der Waals surface area (Å²) in [7, 11) is 0. The van der Waals surface area contributed by atoms with Crippen molar-refractivity contribution in [2.24, 2.45) is 0 Å². The molecule has 16 heavy (non-hydrogen) atoms. The molecule has 0 spiro atoms. The molecule has 0 amide bonds. The maximum atomic E-state index is 9.08. The summed E-state index contributed by atoms with van der Waals surface area (Å²) in [5, 5.41) is 22.5. The van der Waals surface area contributed by atoms with Crippen molar-refractivity contribution in [2.75, 3.05) is 19.0 Å². The molecule has 0 saturated carbocycles. The van der Waals surface area contributed by atoms with E-state index in [1.54, 1.807) is 23.1 Å². The number of thiophene rings is 1. The third kappa shape index (κ3) is 2.00. The van der Waals surface area contributed by atoms with E-state index in [4.69, 9.17) is 10.2 Å². The Morgan fingerprint density at radius 3 is 2.88 bits per heavy atom. The van der Waals surface area contributed by atoms with Gasteiger partial charge < -0.3 is 14.8 Å². The van der Waals surface area contributed by atoms with Gasteiger partial charge in [-0.2, -0.15) is 0 Å². The first-order chi connectivity index (χ1) is 7.79. The molecule has 2 aromatic rings. The number of hydrogen-bond acceptors (Lipinski definition) is 4. The monoisotopic (exact) mass is 257 g/mol. The molecule has 0 radical (unpaired) electrons. The summed E-state index contributed by atoms with van der Waals surface area (Å²) in [6.07, 6.45) is 0. The molecule has 5 heteroatoms. The Morgan fingerprint density at radius 2 is 2.19 bits per heavy atom. The minimum atomic E-state index is 0.148. The van der Waals surface area contributed by atoms with E-state index in [0.29, 0.717) is 12.3 Å². The van der Waals surface area contributed by atoms with E-state index >= 15 is 0 Å². The number of hydrogen-bond donors (Lipinski definition) is 2. The molecule has 0 aliphatic rings. The molecular formula is C11H15NO2S2. The van der Waals surface area contributed by atoms with Crippen LogP contribution in [0.5, 0.6) is 0 Å². The molecule has 2 rings (SSSR count). The third-order valence-corrected chi connectivity index (χ3v) is 4.65. The normalized spacial score (nSPS) is 11.4. The van der Waals surface area contributed by atoms with Crippen LogP contribution in [0.3, 0.4) is 0 Å². The van der Waals surface area contributed by atoms with E-state index in [1.165, 1.54) is 15.8 Å².